The predicted molar refractivity (Wildman–Crippen MR) is 136 cm³/mol. The molecule has 188 valence electrons. The molecule has 0 atom stereocenters. The van der Waals surface area contributed by atoms with Gasteiger partial charge in [-0.15, -0.1) is 0 Å². The van der Waals surface area contributed by atoms with E-state index in [9.17, 15) is 18.0 Å². The summed E-state index contributed by atoms with van der Waals surface area (Å²) >= 11 is 0. The van der Waals surface area contributed by atoms with Crippen molar-refractivity contribution in [2.45, 2.75) is 49.1 Å². The lowest BCUT2D eigenvalue weighted by molar-refractivity contribution is 0.0949. The molecular weight excluding hydrogens is 480 g/mol. The van der Waals surface area contributed by atoms with Crippen molar-refractivity contribution in [2.24, 2.45) is 7.05 Å². The monoisotopic (exact) mass is 508 g/mol. The Balaban J connectivity index is 0.00000320. The number of aromatic nitrogens is 2. The van der Waals surface area contributed by atoms with Crippen LogP contribution in [0.25, 0.3) is 11.0 Å². The summed E-state index contributed by atoms with van der Waals surface area (Å²) in [5, 5.41) is 11.4. The minimum Gasteiger partial charge on any atom is -0.490 e. The van der Waals surface area contributed by atoms with Gasteiger partial charge in [0.25, 0.3) is 11.5 Å². The fourth-order valence-corrected chi connectivity index (χ4v) is 6.78. The number of nitrogens with zero attached hydrogens (tertiary/aromatic N) is 3. The molecule has 2 aliphatic rings. The molecule has 2 fully saturated rings. The minimum atomic E-state index is -3.24. The van der Waals surface area contributed by atoms with E-state index >= 15 is 0 Å². The van der Waals surface area contributed by atoms with Crippen LogP contribution in [0.5, 0.6) is 5.75 Å². The van der Waals surface area contributed by atoms with Crippen molar-refractivity contribution in [3.8, 4) is 11.8 Å². The maximum atomic E-state index is 13.1. The van der Waals surface area contributed by atoms with E-state index in [1.54, 1.807) is 44.3 Å². The molecule has 10 heteroatoms. The van der Waals surface area contributed by atoms with Gasteiger partial charge in [-0.2, -0.15) is 5.26 Å². The third-order valence-electron chi connectivity index (χ3n) is 6.91. The predicted octanol–water partition coefficient (Wildman–Crippen LogP) is 2.78. The first-order chi connectivity index (χ1) is 17.1. The molecular formula is C26H28N4O5S. The number of hydrogen-bond donors (Lipinski definition) is 1. The molecule has 0 bridgehead atoms. The van der Waals surface area contributed by atoms with Gasteiger partial charge in [0.1, 0.15) is 28.2 Å². The van der Waals surface area contributed by atoms with Crippen molar-refractivity contribution in [1.82, 2.24) is 14.9 Å². The summed E-state index contributed by atoms with van der Waals surface area (Å²) in [6, 6.07) is 12.0. The lowest BCUT2D eigenvalue weighted by atomic mass is 10.1. The first-order valence-corrected chi connectivity index (χ1v) is 13.3. The number of amides is 1. The smallest absolute Gasteiger partial charge is 0.263 e. The molecule has 1 N–H and O–H groups in total. The molecule has 2 saturated carbocycles. The highest BCUT2D eigenvalue weighted by molar-refractivity contribution is 7.94. The first kappa shape index (κ1) is 24.0. The molecule has 1 aromatic carbocycles. The van der Waals surface area contributed by atoms with Gasteiger partial charge in [-0.3, -0.25) is 14.6 Å². The largest absolute Gasteiger partial charge is 0.490 e. The van der Waals surface area contributed by atoms with Crippen molar-refractivity contribution < 1.29 is 19.4 Å². The number of carbonyl (C=O) groups excluding carboxylic acids is 1. The van der Waals surface area contributed by atoms with Gasteiger partial charge in [0.15, 0.2) is 9.84 Å². The van der Waals surface area contributed by atoms with Crippen LogP contribution in [-0.2, 0) is 23.4 Å². The van der Waals surface area contributed by atoms with Crippen molar-refractivity contribution in [3.05, 3.63) is 69.1 Å². The van der Waals surface area contributed by atoms with Crippen LogP contribution < -0.4 is 15.6 Å². The molecule has 0 unspecified atom stereocenters. The van der Waals surface area contributed by atoms with Gasteiger partial charge in [-0.1, -0.05) is 12.1 Å². The fourth-order valence-electron chi connectivity index (χ4n) is 4.42. The molecule has 3 aromatic rings. The standard InChI is InChI=1S/C26H26N4O5S.H2/c1-16-11-22(35-15-26(9-10-26)36(33,34)19-7-8-19)23-21(29-16)12-20(25(32)30(23)2)24(31)28-14-18-5-3-17(13-27)4-6-18;/h3-6,11-12,19H,7-10,14-15H2,1-2H3,(H,28,31);1H. The topological polar surface area (TPSA) is 131 Å². The molecule has 0 radical (unpaired) electrons. The third kappa shape index (κ3) is 4.24. The lowest BCUT2D eigenvalue weighted by Crippen LogP contribution is -2.34. The Kier molecular flexibility index (Phi) is 5.83. The van der Waals surface area contributed by atoms with Crippen LogP contribution in [-0.4, -0.2) is 40.5 Å². The van der Waals surface area contributed by atoms with Crippen LogP contribution in [0.4, 0.5) is 0 Å². The summed E-state index contributed by atoms with van der Waals surface area (Å²) in [7, 11) is -1.69. The summed E-state index contributed by atoms with van der Waals surface area (Å²) in [4.78, 5) is 30.5. The van der Waals surface area contributed by atoms with E-state index in [1.807, 2.05) is 6.07 Å². The molecule has 9 nitrogen and oxygen atoms in total. The van der Waals surface area contributed by atoms with Crippen molar-refractivity contribution in [3.63, 3.8) is 0 Å². The maximum Gasteiger partial charge on any atom is 0.263 e. The average Bonchev–Trinajstić information content (AvgIpc) is 3.77. The van der Waals surface area contributed by atoms with Crippen molar-refractivity contribution >= 4 is 26.8 Å². The van der Waals surface area contributed by atoms with Gasteiger partial charge < -0.3 is 14.6 Å². The summed E-state index contributed by atoms with van der Waals surface area (Å²) in [5.41, 5.74) is 2.18. The number of aryl methyl sites for hydroxylation is 2. The summed E-state index contributed by atoms with van der Waals surface area (Å²) in [6.45, 7) is 2.00. The van der Waals surface area contributed by atoms with E-state index in [2.05, 4.69) is 10.3 Å². The van der Waals surface area contributed by atoms with Crippen LogP contribution in [0, 0.1) is 18.3 Å². The molecule has 0 aliphatic heterocycles. The third-order valence-corrected chi connectivity index (χ3v) is 9.99. The maximum absolute atomic E-state index is 13.1. The van der Waals surface area contributed by atoms with Gasteiger partial charge in [-0.25, -0.2) is 8.42 Å². The number of carbonyl (C=O) groups is 1. The highest BCUT2D eigenvalue weighted by Gasteiger charge is 2.60. The highest BCUT2D eigenvalue weighted by Crippen LogP contribution is 2.50. The van der Waals surface area contributed by atoms with E-state index in [4.69, 9.17) is 10.00 Å². The van der Waals surface area contributed by atoms with Gasteiger partial charge in [0.05, 0.1) is 22.4 Å². The number of ether oxygens (including phenoxy) is 1. The zero-order chi connectivity index (χ0) is 25.7. The van der Waals surface area contributed by atoms with Gasteiger partial charge in [0, 0.05) is 26.8 Å². The Morgan fingerprint density at radius 2 is 1.97 bits per heavy atom. The number of pyridine rings is 2. The Bertz CT molecular complexity index is 1580. The van der Waals surface area contributed by atoms with Crippen LogP contribution in [0.2, 0.25) is 0 Å². The molecule has 0 spiro atoms. The van der Waals surface area contributed by atoms with Crippen LogP contribution in [0.1, 0.15) is 54.3 Å². The summed E-state index contributed by atoms with van der Waals surface area (Å²) < 4.78 is 32.2. The van der Waals surface area contributed by atoms with E-state index in [0.29, 0.717) is 53.7 Å². The van der Waals surface area contributed by atoms with E-state index < -0.39 is 26.1 Å². The molecule has 2 aliphatic carbocycles. The quantitative estimate of drug-likeness (QED) is 0.495. The average molecular weight is 509 g/mol. The number of fused-ring (bicyclic) bond motifs is 1. The second-order valence-electron chi connectivity index (χ2n) is 9.63. The molecule has 0 saturated heterocycles. The minimum absolute atomic E-state index is 0. The second kappa shape index (κ2) is 8.75. The van der Waals surface area contributed by atoms with Crippen LogP contribution >= 0.6 is 0 Å². The van der Waals surface area contributed by atoms with Gasteiger partial charge in [0.2, 0.25) is 0 Å². The van der Waals surface area contributed by atoms with E-state index in [-0.39, 0.29) is 25.4 Å². The normalized spacial score (nSPS) is 16.4. The summed E-state index contributed by atoms with van der Waals surface area (Å²) in [5.74, 6) is -0.168. The number of hydrogen-bond acceptors (Lipinski definition) is 7. The molecule has 5 rings (SSSR count). The molecule has 2 aromatic heterocycles. The van der Waals surface area contributed by atoms with Crippen molar-refractivity contribution in [1.29, 1.82) is 5.26 Å². The SMILES string of the molecule is Cc1cc(OCC2(S(=O)(=O)C3CC3)CC2)c2c(cc(C(=O)NCc3ccc(C#N)cc3)c(=O)n2C)n1.[HH]. The fraction of sp³-hybridized carbons (Fsp3) is 0.385. The lowest BCUT2D eigenvalue weighted by Gasteiger charge is -2.19. The van der Waals surface area contributed by atoms with Crippen LogP contribution in [0.15, 0.2) is 41.2 Å². The number of nitrogens with one attached hydrogen (secondary N) is 1. The Morgan fingerprint density at radius 1 is 1.28 bits per heavy atom. The number of sulfone groups is 1. The van der Waals surface area contributed by atoms with Gasteiger partial charge in [-0.05, 0) is 56.4 Å². The zero-order valence-electron chi connectivity index (χ0n) is 20.1. The van der Waals surface area contributed by atoms with E-state index in [1.165, 1.54) is 10.6 Å². The number of rotatable bonds is 8. The van der Waals surface area contributed by atoms with E-state index in [0.717, 1.165) is 5.56 Å². The Morgan fingerprint density at radius 3 is 2.58 bits per heavy atom. The number of benzene rings is 1. The second-order valence-corrected chi connectivity index (χ2v) is 12.2. The molecule has 1 amide bonds. The molecule has 36 heavy (non-hydrogen) atoms. The molecule has 2 heterocycles. The van der Waals surface area contributed by atoms with Crippen molar-refractivity contribution in [2.75, 3.05) is 6.61 Å². The van der Waals surface area contributed by atoms with Crippen LogP contribution in [0.3, 0.4) is 0 Å². The Hall–Kier alpha value is -3.71. The number of nitriles is 1. The van der Waals surface area contributed by atoms with Gasteiger partial charge >= 0.3 is 0 Å². The summed E-state index contributed by atoms with van der Waals surface area (Å²) in [6.07, 6.45) is 2.59. The highest BCUT2D eigenvalue weighted by atomic mass is 32.2. The zero-order valence-corrected chi connectivity index (χ0v) is 20.9. The Labute approximate surface area is 210 Å². The first-order valence-electron chi connectivity index (χ1n) is 11.8.